The fourth-order valence-electron chi connectivity index (χ4n) is 3.73. The lowest BCUT2D eigenvalue weighted by molar-refractivity contribution is -0.0189. The van der Waals surface area contributed by atoms with Crippen LogP contribution < -0.4 is 4.74 Å². The van der Waals surface area contributed by atoms with Gasteiger partial charge in [0.05, 0.1) is 11.8 Å². The number of hydrogen-bond donors (Lipinski definition) is 0. The molecular weight excluding hydrogens is 379 g/mol. The van der Waals surface area contributed by atoms with Crippen molar-refractivity contribution in [2.45, 2.75) is 18.7 Å². The van der Waals surface area contributed by atoms with E-state index in [1.54, 1.807) is 0 Å². The summed E-state index contributed by atoms with van der Waals surface area (Å²) in [6.45, 7) is 0. The summed E-state index contributed by atoms with van der Waals surface area (Å²) < 4.78 is 6.33. The highest BCUT2D eigenvalue weighted by atomic mass is 35.5. The molecule has 134 valence electrons. The summed E-state index contributed by atoms with van der Waals surface area (Å²) in [6.07, 6.45) is 0.451. The maximum atomic E-state index is 6.48. The average molecular weight is 395 g/mol. The molecule has 0 saturated heterocycles. The summed E-state index contributed by atoms with van der Waals surface area (Å²) in [4.78, 5) is 0. The molecule has 0 radical (unpaired) electrons. The van der Waals surface area contributed by atoms with Gasteiger partial charge in [-0.1, -0.05) is 71.7 Å². The summed E-state index contributed by atoms with van der Waals surface area (Å²) in [5, 5.41) is 8.36. The van der Waals surface area contributed by atoms with Crippen molar-refractivity contribution in [2.75, 3.05) is 0 Å². The highest BCUT2D eigenvalue weighted by Gasteiger charge is 2.41. The molecule has 3 aromatic rings. The van der Waals surface area contributed by atoms with Gasteiger partial charge < -0.3 is 4.74 Å². The maximum absolute atomic E-state index is 6.48. The van der Waals surface area contributed by atoms with Gasteiger partial charge in [0.2, 0.25) is 6.23 Å². The first-order chi connectivity index (χ1) is 13.2. The molecule has 2 atom stereocenters. The number of benzene rings is 3. The van der Waals surface area contributed by atoms with E-state index < -0.39 is 0 Å². The van der Waals surface area contributed by atoms with Crippen LogP contribution in [0.25, 0.3) is 0 Å². The van der Waals surface area contributed by atoms with Crippen molar-refractivity contribution in [3.8, 4) is 5.75 Å². The van der Waals surface area contributed by atoms with Gasteiger partial charge >= 0.3 is 0 Å². The number of hydrogen-bond acceptors (Lipinski definition) is 3. The minimum atomic E-state index is -0.358. The summed E-state index contributed by atoms with van der Waals surface area (Å²) in [7, 11) is 0. The zero-order chi connectivity index (χ0) is 18.4. The van der Waals surface area contributed by atoms with Crippen LogP contribution in [0, 0.1) is 0 Å². The molecule has 0 unspecified atom stereocenters. The molecule has 0 aliphatic carbocycles. The van der Waals surface area contributed by atoms with Crippen LogP contribution in [0.15, 0.2) is 77.9 Å². The summed E-state index contributed by atoms with van der Waals surface area (Å²) in [5.74, 6) is 0.885. The van der Waals surface area contributed by atoms with E-state index in [9.17, 15) is 0 Å². The van der Waals surface area contributed by atoms with Gasteiger partial charge in [-0.05, 0) is 29.8 Å². The highest BCUT2D eigenvalue weighted by Crippen LogP contribution is 2.48. The first-order valence-corrected chi connectivity index (χ1v) is 9.58. The third-order valence-corrected chi connectivity index (χ3v) is 5.64. The second-order valence-corrected chi connectivity index (χ2v) is 7.53. The molecular formula is C22H16Cl2N2O. The molecule has 5 rings (SSSR count). The van der Waals surface area contributed by atoms with Crippen LogP contribution in [0.2, 0.25) is 10.0 Å². The lowest BCUT2D eigenvalue weighted by atomic mass is 9.96. The van der Waals surface area contributed by atoms with Gasteiger partial charge in [0.1, 0.15) is 5.75 Å². The average Bonchev–Trinajstić information content (AvgIpc) is 3.14. The lowest BCUT2D eigenvalue weighted by Gasteiger charge is -2.38. The molecule has 27 heavy (non-hydrogen) atoms. The van der Waals surface area contributed by atoms with Crippen LogP contribution in [-0.2, 0) is 0 Å². The molecule has 2 aliphatic heterocycles. The molecule has 0 spiro atoms. The fourth-order valence-corrected chi connectivity index (χ4v) is 4.09. The second kappa shape index (κ2) is 6.59. The quantitative estimate of drug-likeness (QED) is 0.513. The SMILES string of the molecule is Clc1ccc(C2=NN3[C@H](C2)c2ccccc2O[C@H]3c2ccccc2Cl)cc1. The number of fused-ring (bicyclic) bond motifs is 3. The number of ether oxygens (including phenoxy) is 1. The van der Waals surface area contributed by atoms with E-state index in [0.717, 1.165) is 39.6 Å². The molecule has 2 heterocycles. The van der Waals surface area contributed by atoms with E-state index >= 15 is 0 Å². The highest BCUT2D eigenvalue weighted by molar-refractivity contribution is 6.31. The number of para-hydroxylation sites is 1. The van der Waals surface area contributed by atoms with Crippen LogP contribution in [0.4, 0.5) is 0 Å². The van der Waals surface area contributed by atoms with Crippen molar-refractivity contribution in [1.82, 2.24) is 5.01 Å². The number of hydrazone groups is 1. The third-order valence-electron chi connectivity index (χ3n) is 5.05. The predicted octanol–water partition coefficient (Wildman–Crippen LogP) is 6.24. The zero-order valence-electron chi connectivity index (χ0n) is 14.3. The standard InChI is InChI=1S/C22H16Cl2N2O/c23-15-11-9-14(10-12-15)19-13-20-17-6-2-4-8-21(17)27-22(26(20)25-19)16-5-1-3-7-18(16)24/h1-12,20,22H,13H2/t20-,22+/m1/s1. The summed E-state index contributed by atoms with van der Waals surface area (Å²) >= 11 is 12.5. The minimum absolute atomic E-state index is 0.113. The van der Waals surface area contributed by atoms with Crippen molar-refractivity contribution in [2.24, 2.45) is 5.10 Å². The molecule has 0 N–H and O–H groups in total. The summed E-state index contributed by atoms with van der Waals surface area (Å²) in [5.41, 5.74) is 4.16. The Morgan fingerprint density at radius 3 is 2.33 bits per heavy atom. The Labute approximate surface area is 167 Å². The van der Waals surface area contributed by atoms with Gasteiger partial charge in [0.25, 0.3) is 0 Å². The van der Waals surface area contributed by atoms with E-state index in [1.807, 2.05) is 71.7 Å². The summed E-state index contributed by atoms with van der Waals surface area (Å²) in [6, 6.07) is 23.8. The normalized spacial score (nSPS) is 20.5. The van der Waals surface area contributed by atoms with Gasteiger partial charge in [-0.15, -0.1) is 0 Å². The van der Waals surface area contributed by atoms with E-state index in [2.05, 4.69) is 6.07 Å². The van der Waals surface area contributed by atoms with E-state index in [1.165, 1.54) is 0 Å². The van der Waals surface area contributed by atoms with Gasteiger partial charge in [-0.3, -0.25) is 0 Å². The Bertz CT molecular complexity index is 1030. The molecule has 2 aliphatic rings. The van der Waals surface area contributed by atoms with Crippen molar-refractivity contribution in [1.29, 1.82) is 0 Å². The Hall–Kier alpha value is -2.49. The lowest BCUT2D eigenvalue weighted by Crippen LogP contribution is -2.33. The zero-order valence-corrected chi connectivity index (χ0v) is 15.9. The van der Waals surface area contributed by atoms with Crippen molar-refractivity contribution >= 4 is 28.9 Å². The van der Waals surface area contributed by atoms with E-state index in [0.29, 0.717) is 5.02 Å². The maximum Gasteiger partial charge on any atom is 0.215 e. The molecule has 0 fully saturated rings. The topological polar surface area (TPSA) is 24.8 Å². The van der Waals surface area contributed by atoms with E-state index in [4.69, 9.17) is 33.0 Å². The van der Waals surface area contributed by atoms with Crippen molar-refractivity contribution in [3.05, 3.63) is 99.5 Å². The minimum Gasteiger partial charge on any atom is -0.464 e. The van der Waals surface area contributed by atoms with Crippen molar-refractivity contribution < 1.29 is 4.74 Å². The van der Waals surface area contributed by atoms with Crippen LogP contribution >= 0.6 is 23.2 Å². The van der Waals surface area contributed by atoms with Gasteiger partial charge in [0.15, 0.2) is 0 Å². The third kappa shape index (κ3) is 2.88. The Kier molecular flexibility index (Phi) is 4.07. The second-order valence-electron chi connectivity index (χ2n) is 6.68. The molecule has 5 heteroatoms. The number of halogens is 2. The Morgan fingerprint density at radius 2 is 1.56 bits per heavy atom. The molecule has 0 saturated carbocycles. The largest absolute Gasteiger partial charge is 0.464 e. The first-order valence-electron chi connectivity index (χ1n) is 8.82. The first kappa shape index (κ1) is 16.7. The Morgan fingerprint density at radius 1 is 0.852 bits per heavy atom. The van der Waals surface area contributed by atoms with Gasteiger partial charge in [0, 0.05) is 27.6 Å². The van der Waals surface area contributed by atoms with Crippen molar-refractivity contribution in [3.63, 3.8) is 0 Å². The Balaban J connectivity index is 1.61. The van der Waals surface area contributed by atoms with Gasteiger partial charge in [-0.25, -0.2) is 5.01 Å². The number of rotatable bonds is 2. The monoisotopic (exact) mass is 394 g/mol. The molecule has 0 amide bonds. The molecule has 3 nitrogen and oxygen atoms in total. The van der Waals surface area contributed by atoms with Crippen LogP contribution in [-0.4, -0.2) is 10.7 Å². The smallest absolute Gasteiger partial charge is 0.215 e. The molecule has 0 bridgehead atoms. The fraction of sp³-hybridized carbons (Fsp3) is 0.136. The molecule has 3 aromatic carbocycles. The van der Waals surface area contributed by atoms with Crippen LogP contribution in [0.5, 0.6) is 5.75 Å². The van der Waals surface area contributed by atoms with Gasteiger partial charge in [-0.2, -0.15) is 5.10 Å². The van der Waals surface area contributed by atoms with Crippen LogP contribution in [0.1, 0.15) is 35.4 Å². The van der Waals surface area contributed by atoms with E-state index in [-0.39, 0.29) is 12.3 Å². The van der Waals surface area contributed by atoms with Crippen LogP contribution in [0.3, 0.4) is 0 Å². The number of nitrogens with zero attached hydrogens (tertiary/aromatic N) is 2. The predicted molar refractivity (Wildman–Crippen MR) is 108 cm³/mol. The molecule has 0 aromatic heterocycles.